The fraction of sp³-hybridized carbons (Fsp3) is 0.923. The smallest absolute Gasteiger partial charge is 0.324 e. The minimum atomic E-state index is -3.66. The predicted molar refractivity (Wildman–Crippen MR) is 76.9 cm³/mol. The summed E-state index contributed by atoms with van der Waals surface area (Å²) >= 11 is 0. The highest BCUT2D eigenvalue weighted by molar-refractivity contribution is 7.86. The molecule has 0 aliphatic carbocycles. The van der Waals surface area contributed by atoms with Crippen LogP contribution >= 0.6 is 0 Å². The number of morpholine rings is 1. The molecule has 0 aromatic heterocycles. The molecule has 0 radical (unpaired) electrons. The first-order valence-corrected chi connectivity index (χ1v) is 8.91. The summed E-state index contributed by atoms with van der Waals surface area (Å²) in [6.07, 6.45) is 2.14. The van der Waals surface area contributed by atoms with E-state index in [1.54, 1.807) is 6.92 Å². The average molecular weight is 320 g/mol. The fourth-order valence-corrected chi connectivity index (χ4v) is 4.81. The van der Waals surface area contributed by atoms with Crippen LogP contribution in [0.4, 0.5) is 0 Å². The maximum absolute atomic E-state index is 12.9. The van der Waals surface area contributed by atoms with Crippen LogP contribution in [0, 0.1) is 0 Å². The number of hydrogen-bond donors (Lipinski definition) is 0. The molecule has 0 N–H and O–H groups in total. The van der Waals surface area contributed by atoms with E-state index in [9.17, 15) is 13.2 Å². The third kappa shape index (κ3) is 3.56. The summed E-state index contributed by atoms with van der Waals surface area (Å²) in [4.78, 5) is 12.0. The molecule has 0 unspecified atom stereocenters. The molecule has 21 heavy (non-hydrogen) atoms. The number of nitrogens with zero attached hydrogens (tertiary/aromatic N) is 2. The van der Waals surface area contributed by atoms with Crippen molar-refractivity contribution in [3.8, 4) is 0 Å². The Kier molecular flexibility index (Phi) is 5.59. The highest BCUT2D eigenvalue weighted by Crippen LogP contribution is 2.25. The van der Waals surface area contributed by atoms with Crippen molar-refractivity contribution >= 4 is 16.2 Å². The highest BCUT2D eigenvalue weighted by Gasteiger charge is 2.42. The molecule has 7 nitrogen and oxygen atoms in total. The first kappa shape index (κ1) is 16.7. The van der Waals surface area contributed by atoms with Crippen LogP contribution in [0.3, 0.4) is 0 Å². The summed E-state index contributed by atoms with van der Waals surface area (Å²) < 4.78 is 38.8. The standard InChI is InChI=1S/C13H24N2O5S/c1-3-20-13(16)12-6-4-5-7-15(12)21(17,18)14-8-9-19-10-11(14)2/h11-12H,3-10H2,1-2H3/t11-,12+/m0/s1. The van der Waals surface area contributed by atoms with Gasteiger partial charge in [-0.05, 0) is 33.1 Å². The molecule has 2 rings (SSSR count). The molecule has 0 aromatic rings. The normalized spacial score (nSPS) is 29.2. The van der Waals surface area contributed by atoms with E-state index in [1.165, 1.54) is 8.61 Å². The number of carbonyl (C=O) groups excluding carboxylic acids is 1. The molecule has 8 heteroatoms. The third-order valence-corrected chi connectivity index (χ3v) is 6.08. The second-order valence-corrected chi connectivity index (χ2v) is 7.25. The van der Waals surface area contributed by atoms with Crippen LogP contribution in [0.5, 0.6) is 0 Å². The van der Waals surface area contributed by atoms with Gasteiger partial charge < -0.3 is 9.47 Å². The van der Waals surface area contributed by atoms with Crippen LogP contribution in [0.15, 0.2) is 0 Å². The third-order valence-electron chi connectivity index (χ3n) is 3.91. The van der Waals surface area contributed by atoms with Crippen molar-refractivity contribution in [3.63, 3.8) is 0 Å². The second-order valence-electron chi connectivity index (χ2n) is 5.42. The monoisotopic (exact) mass is 320 g/mol. The van der Waals surface area contributed by atoms with Gasteiger partial charge in [0.2, 0.25) is 0 Å². The summed E-state index contributed by atoms with van der Waals surface area (Å²) in [7, 11) is -3.66. The molecule has 2 fully saturated rings. The van der Waals surface area contributed by atoms with Crippen LogP contribution in [0.1, 0.15) is 33.1 Å². The maximum Gasteiger partial charge on any atom is 0.324 e. The maximum atomic E-state index is 12.9. The summed E-state index contributed by atoms with van der Waals surface area (Å²) in [5.74, 6) is -0.443. The van der Waals surface area contributed by atoms with Crippen molar-refractivity contribution in [1.82, 2.24) is 8.61 Å². The topological polar surface area (TPSA) is 76.2 Å². The lowest BCUT2D eigenvalue weighted by Gasteiger charge is -2.40. The molecule has 2 aliphatic heterocycles. The van der Waals surface area contributed by atoms with Gasteiger partial charge in [-0.2, -0.15) is 17.0 Å². The molecule has 0 bridgehead atoms. The van der Waals surface area contributed by atoms with Crippen LogP contribution in [0.25, 0.3) is 0 Å². The lowest BCUT2D eigenvalue weighted by Crippen LogP contribution is -2.58. The number of piperidine rings is 1. The molecule has 2 heterocycles. The number of esters is 1. The van der Waals surface area contributed by atoms with Crippen molar-refractivity contribution in [2.75, 3.05) is 32.9 Å². The van der Waals surface area contributed by atoms with Gasteiger partial charge in [0.05, 0.1) is 19.8 Å². The van der Waals surface area contributed by atoms with E-state index in [0.29, 0.717) is 32.7 Å². The van der Waals surface area contributed by atoms with Gasteiger partial charge >= 0.3 is 5.97 Å². The Bertz CT molecular complexity index is 467. The minimum absolute atomic E-state index is 0.214. The van der Waals surface area contributed by atoms with E-state index >= 15 is 0 Å². The summed E-state index contributed by atoms with van der Waals surface area (Å²) in [5, 5.41) is 0. The Morgan fingerprint density at radius 1 is 1.29 bits per heavy atom. The molecular formula is C13H24N2O5S. The molecule has 2 aliphatic rings. The molecule has 0 amide bonds. The van der Waals surface area contributed by atoms with Gasteiger partial charge in [-0.1, -0.05) is 0 Å². The van der Waals surface area contributed by atoms with E-state index in [1.807, 2.05) is 6.92 Å². The van der Waals surface area contributed by atoms with Crippen molar-refractivity contribution in [2.24, 2.45) is 0 Å². The predicted octanol–water partition coefficient (Wildman–Crippen LogP) is 0.370. The molecule has 122 valence electrons. The van der Waals surface area contributed by atoms with Crippen LogP contribution in [-0.2, 0) is 24.5 Å². The average Bonchev–Trinajstić information content (AvgIpc) is 2.48. The van der Waals surface area contributed by atoms with Crippen LogP contribution < -0.4 is 0 Å². The Hall–Kier alpha value is -0.700. The van der Waals surface area contributed by atoms with Crippen molar-refractivity contribution in [2.45, 2.75) is 45.2 Å². The zero-order valence-corrected chi connectivity index (χ0v) is 13.5. The van der Waals surface area contributed by atoms with E-state index < -0.39 is 22.2 Å². The first-order valence-electron chi connectivity index (χ1n) is 7.51. The summed E-state index contributed by atoms with van der Waals surface area (Å²) in [6, 6.07) is -0.910. The zero-order valence-electron chi connectivity index (χ0n) is 12.7. The Balaban J connectivity index is 2.20. The van der Waals surface area contributed by atoms with Gasteiger partial charge in [0.15, 0.2) is 0 Å². The van der Waals surface area contributed by atoms with E-state index in [0.717, 1.165) is 12.8 Å². The molecule has 0 spiro atoms. The van der Waals surface area contributed by atoms with Crippen molar-refractivity contribution < 1.29 is 22.7 Å². The van der Waals surface area contributed by atoms with E-state index in [4.69, 9.17) is 9.47 Å². The largest absolute Gasteiger partial charge is 0.465 e. The lowest BCUT2D eigenvalue weighted by molar-refractivity contribution is -0.148. The Morgan fingerprint density at radius 2 is 2.05 bits per heavy atom. The molecule has 0 saturated carbocycles. The van der Waals surface area contributed by atoms with Gasteiger partial charge in [-0.25, -0.2) is 0 Å². The molecular weight excluding hydrogens is 296 g/mol. The molecule has 2 saturated heterocycles. The fourth-order valence-electron chi connectivity index (χ4n) is 2.84. The van der Waals surface area contributed by atoms with Crippen molar-refractivity contribution in [3.05, 3.63) is 0 Å². The molecule has 2 atom stereocenters. The molecule has 0 aromatic carbocycles. The van der Waals surface area contributed by atoms with Gasteiger partial charge in [0, 0.05) is 19.1 Å². The Morgan fingerprint density at radius 3 is 2.71 bits per heavy atom. The van der Waals surface area contributed by atoms with E-state index in [-0.39, 0.29) is 12.6 Å². The number of rotatable bonds is 4. The SMILES string of the molecule is CCOC(=O)[C@H]1CCCCN1S(=O)(=O)N1CCOC[C@@H]1C. The summed E-state index contributed by atoms with van der Waals surface area (Å²) in [6.45, 7) is 5.28. The van der Waals surface area contributed by atoms with Gasteiger partial charge in [0.25, 0.3) is 10.2 Å². The number of hydrogen-bond acceptors (Lipinski definition) is 5. The number of ether oxygens (including phenoxy) is 2. The van der Waals surface area contributed by atoms with Crippen molar-refractivity contribution in [1.29, 1.82) is 0 Å². The van der Waals surface area contributed by atoms with Gasteiger partial charge in [-0.15, -0.1) is 0 Å². The number of carbonyl (C=O) groups is 1. The quantitative estimate of drug-likeness (QED) is 0.700. The lowest BCUT2D eigenvalue weighted by atomic mass is 10.1. The van der Waals surface area contributed by atoms with E-state index in [2.05, 4.69) is 0 Å². The first-order chi connectivity index (χ1) is 9.98. The highest BCUT2D eigenvalue weighted by atomic mass is 32.2. The second kappa shape index (κ2) is 7.04. The van der Waals surface area contributed by atoms with Crippen LogP contribution in [-0.4, -0.2) is 68.0 Å². The zero-order chi connectivity index (χ0) is 15.5. The summed E-state index contributed by atoms with van der Waals surface area (Å²) in [5.41, 5.74) is 0. The van der Waals surface area contributed by atoms with Gasteiger partial charge in [-0.3, -0.25) is 4.79 Å². The van der Waals surface area contributed by atoms with Crippen LogP contribution in [0.2, 0.25) is 0 Å². The minimum Gasteiger partial charge on any atom is -0.465 e. The Labute approximate surface area is 126 Å². The van der Waals surface area contributed by atoms with Gasteiger partial charge in [0.1, 0.15) is 6.04 Å².